The number of benzene rings is 2. The van der Waals surface area contributed by atoms with E-state index in [2.05, 4.69) is 10.6 Å². The van der Waals surface area contributed by atoms with Crippen LogP contribution in [0.25, 0.3) is 17.0 Å². The molecule has 0 bridgehead atoms. The summed E-state index contributed by atoms with van der Waals surface area (Å²) in [6.07, 6.45) is 4.84. The Balaban J connectivity index is 1.46. The first-order valence-corrected chi connectivity index (χ1v) is 11.3. The van der Waals surface area contributed by atoms with Crippen LogP contribution in [0.15, 0.2) is 89.2 Å². The zero-order chi connectivity index (χ0) is 24.4. The van der Waals surface area contributed by atoms with Crippen LogP contribution in [0.1, 0.15) is 11.3 Å². The zero-order valence-electron chi connectivity index (χ0n) is 18.4. The lowest BCUT2D eigenvalue weighted by atomic mass is 10.1. The number of amides is 3. The molecule has 0 unspecified atom stereocenters. The number of hydrogen-bond donors (Lipinski definition) is 2. The van der Waals surface area contributed by atoms with Gasteiger partial charge in [0.05, 0.1) is 18.5 Å². The lowest BCUT2D eigenvalue weighted by Crippen LogP contribution is -2.54. The maximum absolute atomic E-state index is 13.3. The van der Waals surface area contributed by atoms with Crippen molar-refractivity contribution >= 4 is 57.7 Å². The van der Waals surface area contributed by atoms with Gasteiger partial charge in [0.1, 0.15) is 17.9 Å². The summed E-state index contributed by atoms with van der Waals surface area (Å²) in [5, 5.41) is 6.25. The van der Waals surface area contributed by atoms with E-state index < -0.39 is 11.8 Å². The van der Waals surface area contributed by atoms with E-state index in [4.69, 9.17) is 16.6 Å². The topological polar surface area (TPSA) is 96.6 Å². The SMILES string of the molecule is O=C(Cn1cc(C=C2C(=O)NC(=S)N(c3ccccc3)C2=O)c2ccccc21)NCc1ccco1. The Morgan fingerprint density at radius 1 is 1.03 bits per heavy atom. The number of carbonyl (C=O) groups excluding carboxylic acids is 3. The molecular formula is C26H20N4O4S. The van der Waals surface area contributed by atoms with E-state index in [9.17, 15) is 14.4 Å². The molecule has 4 aromatic rings. The Bertz CT molecular complexity index is 1470. The fourth-order valence-corrected chi connectivity index (χ4v) is 4.24. The number of fused-ring (bicyclic) bond motifs is 1. The number of nitrogens with zero attached hydrogens (tertiary/aromatic N) is 2. The van der Waals surface area contributed by atoms with Crippen molar-refractivity contribution in [3.8, 4) is 0 Å². The minimum atomic E-state index is -0.569. The predicted molar refractivity (Wildman–Crippen MR) is 135 cm³/mol. The highest BCUT2D eigenvalue weighted by molar-refractivity contribution is 7.80. The van der Waals surface area contributed by atoms with E-state index in [1.807, 2.05) is 30.3 Å². The highest BCUT2D eigenvalue weighted by Crippen LogP contribution is 2.26. The number of aromatic nitrogens is 1. The molecular weight excluding hydrogens is 464 g/mol. The van der Waals surface area contributed by atoms with E-state index in [1.165, 1.54) is 11.0 Å². The van der Waals surface area contributed by atoms with Gasteiger partial charge in [0.15, 0.2) is 5.11 Å². The van der Waals surface area contributed by atoms with Crippen LogP contribution < -0.4 is 15.5 Å². The van der Waals surface area contributed by atoms with Gasteiger partial charge in [0.25, 0.3) is 11.8 Å². The van der Waals surface area contributed by atoms with Crippen LogP contribution in [0, 0.1) is 0 Å². The quantitative estimate of drug-likeness (QED) is 0.249. The maximum Gasteiger partial charge on any atom is 0.270 e. The number of thiocarbonyl (C=S) groups is 1. The summed E-state index contributed by atoms with van der Waals surface area (Å²) in [5.74, 6) is -0.629. The molecule has 2 N–H and O–H groups in total. The third-order valence-electron chi connectivity index (χ3n) is 5.59. The molecule has 174 valence electrons. The van der Waals surface area contributed by atoms with E-state index in [-0.39, 0.29) is 29.7 Å². The molecule has 0 radical (unpaired) electrons. The number of rotatable bonds is 6. The van der Waals surface area contributed by atoms with Crippen LogP contribution in [0.3, 0.4) is 0 Å². The van der Waals surface area contributed by atoms with E-state index >= 15 is 0 Å². The fraction of sp³-hybridized carbons (Fsp3) is 0.0769. The first-order chi connectivity index (χ1) is 17.0. The lowest BCUT2D eigenvalue weighted by molar-refractivity contribution is -0.123. The number of carbonyl (C=O) groups is 3. The molecule has 1 aliphatic rings. The van der Waals surface area contributed by atoms with Gasteiger partial charge in [0, 0.05) is 22.7 Å². The zero-order valence-corrected chi connectivity index (χ0v) is 19.2. The molecule has 2 aromatic heterocycles. The smallest absolute Gasteiger partial charge is 0.270 e. The van der Waals surface area contributed by atoms with Crippen molar-refractivity contribution in [2.24, 2.45) is 0 Å². The van der Waals surface area contributed by atoms with Gasteiger partial charge in [-0.3, -0.25) is 24.6 Å². The molecule has 3 amide bonds. The summed E-state index contributed by atoms with van der Waals surface area (Å²) < 4.78 is 7.03. The normalized spacial score (nSPS) is 15.0. The minimum absolute atomic E-state index is 0.0269. The van der Waals surface area contributed by atoms with Gasteiger partial charge in [-0.05, 0) is 48.6 Å². The lowest BCUT2D eigenvalue weighted by Gasteiger charge is -2.28. The molecule has 0 aliphatic carbocycles. The number of nitrogens with one attached hydrogen (secondary N) is 2. The first-order valence-electron chi connectivity index (χ1n) is 10.8. The van der Waals surface area contributed by atoms with Gasteiger partial charge in [-0.15, -0.1) is 0 Å². The Hall–Kier alpha value is -4.50. The minimum Gasteiger partial charge on any atom is -0.467 e. The molecule has 0 atom stereocenters. The third-order valence-corrected chi connectivity index (χ3v) is 5.87. The predicted octanol–water partition coefficient (Wildman–Crippen LogP) is 3.38. The molecule has 0 spiro atoms. The summed E-state index contributed by atoms with van der Waals surface area (Å²) >= 11 is 5.25. The number of para-hydroxylation sites is 2. The summed E-state index contributed by atoms with van der Waals surface area (Å²) in [5.41, 5.74) is 1.95. The molecule has 8 nitrogen and oxygen atoms in total. The third kappa shape index (κ3) is 4.49. The molecule has 35 heavy (non-hydrogen) atoms. The Labute approximate surface area is 205 Å². The van der Waals surface area contributed by atoms with Gasteiger partial charge < -0.3 is 14.3 Å². The summed E-state index contributed by atoms with van der Waals surface area (Å²) in [4.78, 5) is 39.9. The molecule has 1 saturated heterocycles. The van der Waals surface area contributed by atoms with Crippen molar-refractivity contribution in [1.82, 2.24) is 15.2 Å². The standard InChI is InChI=1S/C26H20N4O4S/c31-23(27-14-19-9-6-12-34-19)16-29-15-17(20-10-4-5-11-22(20)29)13-21-24(32)28-26(35)30(25(21)33)18-7-2-1-3-8-18/h1-13,15H,14,16H2,(H,27,31)(H,28,32,35). The number of furan rings is 1. The average molecular weight is 485 g/mol. The van der Waals surface area contributed by atoms with E-state index in [0.29, 0.717) is 17.0 Å². The monoisotopic (exact) mass is 484 g/mol. The maximum atomic E-state index is 13.3. The van der Waals surface area contributed by atoms with Crippen LogP contribution in [0.5, 0.6) is 0 Å². The van der Waals surface area contributed by atoms with Crippen LogP contribution >= 0.6 is 12.2 Å². The second-order valence-electron chi connectivity index (χ2n) is 7.88. The van der Waals surface area contributed by atoms with Gasteiger partial charge in [-0.2, -0.15) is 0 Å². The van der Waals surface area contributed by atoms with E-state index in [1.54, 1.807) is 53.4 Å². The van der Waals surface area contributed by atoms with Crippen molar-refractivity contribution in [1.29, 1.82) is 0 Å². The Morgan fingerprint density at radius 3 is 2.57 bits per heavy atom. The number of anilines is 1. The van der Waals surface area contributed by atoms with Crippen LogP contribution in [-0.2, 0) is 27.5 Å². The van der Waals surface area contributed by atoms with Gasteiger partial charge in [-0.25, -0.2) is 0 Å². The summed E-state index contributed by atoms with van der Waals surface area (Å²) in [6, 6.07) is 19.9. The van der Waals surface area contributed by atoms with Crippen molar-refractivity contribution in [3.05, 3.63) is 96.1 Å². The number of hydrogen-bond acceptors (Lipinski definition) is 5. The molecule has 1 aliphatic heterocycles. The van der Waals surface area contributed by atoms with Gasteiger partial charge in [0.2, 0.25) is 5.91 Å². The molecule has 9 heteroatoms. The highest BCUT2D eigenvalue weighted by atomic mass is 32.1. The molecule has 3 heterocycles. The van der Waals surface area contributed by atoms with Crippen molar-refractivity contribution < 1.29 is 18.8 Å². The van der Waals surface area contributed by atoms with E-state index in [0.717, 1.165) is 10.9 Å². The van der Waals surface area contributed by atoms with Crippen molar-refractivity contribution in [3.63, 3.8) is 0 Å². The van der Waals surface area contributed by atoms with Gasteiger partial charge in [-0.1, -0.05) is 36.4 Å². The van der Waals surface area contributed by atoms with Gasteiger partial charge >= 0.3 is 0 Å². The Morgan fingerprint density at radius 2 is 1.80 bits per heavy atom. The highest BCUT2D eigenvalue weighted by Gasteiger charge is 2.34. The molecule has 2 aromatic carbocycles. The molecule has 0 saturated carbocycles. The second kappa shape index (κ2) is 9.40. The Kier molecular flexibility index (Phi) is 5.99. The van der Waals surface area contributed by atoms with Crippen LogP contribution in [0.4, 0.5) is 5.69 Å². The summed E-state index contributed by atoms with van der Waals surface area (Å²) in [7, 11) is 0. The van der Waals surface area contributed by atoms with Crippen molar-refractivity contribution in [2.45, 2.75) is 13.1 Å². The van der Waals surface area contributed by atoms with Crippen LogP contribution in [0.2, 0.25) is 0 Å². The second-order valence-corrected chi connectivity index (χ2v) is 8.27. The summed E-state index contributed by atoms with van der Waals surface area (Å²) in [6.45, 7) is 0.344. The molecule has 5 rings (SSSR count). The van der Waals surface area contributed by atoms with Crippen molar-refractivity contribution in [2.75, 3.05) is 4.90 Å². The fourth-order valence-electron chi connectivity index (χ4n) is 3.96. The average Bonchev–Trinajstić information content (AvgIpc) is 3.49. The largest absolute Gasteiger partial charge is 0.467 e. The van der Waals surface area contributed by atoms with Crippen LogP contribution in [-0.4, -0.2) is 27.4 Å². The first kappa shape index (κ1) is 22.3. The molecule has 1 fully saturated rings.